The van der Waals surface area contributed by atoms with Gasteiger partial charge in [0.2, 0.25) is 5.75 Å². The number of benzene rings is 1. The number of nitro benzene ring substituents is 1. The van der Waals surface area contributed by atoms with Gasteiger partial charge in [-0.15, -0.1) is 6.42 Å². The number of nitrogens with zero attached hydrogens (tertiary/aromatic N) is 1. The zero-order chi connectivity index (χ0) is 12.1. The van der Waals surface area contributed by atoms with Crippen LogP contribution in [0.2, 0.25) is 0 Å². The Morgan fingerprint density at radius 2 is 2.31 bits per heavy atom. The lowest BCUT2D eigenvalue weighted by atomic mass is 10.1. The first kappa shape index (κ1) is 11.5. The SMILES string of the molecule is C#CCNC(=O)c1cccc([N+](=O)[O-])c1O. The number of carbonyl (C=O) groups excluding carboxylic acids is 1. The van der Waals surface area contributed by atoms with Gasteiger partial charge in [-0.3, -0.25) is 14.9 Å². The maximum absolute atomic E-state index is 11.4. The zero-order valence-corrected chi connectivity index (χ0v) is 8.14. The molecule has 0 spiro atoms. The number of para-hydroxylation sites is 1. The third kappa shape index (κ3) is 2.27. The van der Waals surface area contributed by atoms with E-state index in [1.54, 1.807) is 0 Å². The lowest BCUT2D eigenvalue weighted by molar-refractivity contribution is -0.385. The summed E-state index contributed by atoms with van der Waals surface area (Å²) < 4.78 is 0. The normalized spacial score (nSPS) is 9.19. The molecular formula is C10H8N2O4. The third-order valence-corrected chi connectivity index (χ3v) is 1.81. The van der Waals surface area contributed by atoms with Crippen LogP contribution in [0, 0.1) is 22.5 Å². The molecule has 1 aromatic rings. The van der Waals surface area contributed by atoms with Crippen LogP contribution in [0.25, 0.3) is 0 Å². The van der Waals surface area contributed by atoms with E-state index in [2.05, 4.69) is 11.2 Å². The molecule has 0 aliphatic rings. The number of nitrogens with one attached hydrogen (secondary N) is 1. The summed E-state index contributed by atoms with van der Waals surface area (Å²) in [5.74, 6) is 0.859. The van der Waals surface area contributed by atoms with Crippen molar-refractivity contribution in [2.45, 2.75) is 0 Å². The van der Waals surface area contributed by atoms with Crippen molar-refractivity contribution in [3.63, 3.8) is 0 Å². The van der Waals surface area contributed by atoms with Crippen LogP contribution in [0.1, 0.15) is 10.4 Å². The number of amides is 1. The molecule has 2 N–H and O–H groups in total. The Labute approximate surface area is 91.0 Å². The molecule has 0 unspecified atom stereocenters. The molecule has 0 aromatic heterocycles. The summed E-state index contributed by atoms with van der Waals surface area (Å²) >= 11 is 0. The first-order chi connectivity index (χ1) is 7.57. The highest BCUT2D eigenvalue weighted by atomic mass is 16.6. The molecule has 1 rings (SSSR count). The summed E-state index contributed by atoms with van der Waals surface area (Å²) in [6.07, 6.45) is 4.94. The number of nitro groups is 1. The van der Waals surface area contributed by atoms with E-state index < -0.39 is 22.3 Å². The van der Waals surface area contributed by atoms with E-state index in [1.807, 2.05) is 0 Å². The monoisotopic (exact) mass is 220 g/mol. The Hall–Kier alpha value is -2.55. The molecule has 0 saturated heterocycles. The Bertz CT molecular complexity index is 476. The van der Waals surface area contributed by atoms with Crippen molar-refractivity contribution in [3.05, 3.63) is 33.9 Å². The van der Waals surface area contributed by atoms with Gasteiger partial charge in [-0.25, -0.2) is 0 Å². The van der Waals surface area contributed by atoms with Gasteiger partial charge >= 0.3 is 5.69 Å². The number of terminal acetylenes is 1. The maximum atomic E-state index is 11.4. The summed E-state index contributed by atoms with van der Waals surface area (Å²) in [6, 6.07) is 3.68. The molecule has 0 aliphatic heterocycles. The van der Waals surface area contributed by atoms with Crippen LogP contribution < -0.4 is 5.32 Å². The largest absolute Gasteiger partial charge is 0.502 e. The molecule has 0 fully saturated rings. The van der Waals surface area contributed by atoms with E-state index >= 15 is 0 Å². The van der Waals surface area contributed by atoms with Crippen molar-refractivity contribution in [3.8, 4) is 18.1 Å². The average Bonchev–Trinajstić information content (AvgIpc) is 2.25. The van der Waals surface area contributed by atoms with Gasteiger partial charge in [0.1, 0.15) is 0 Å². The highest BCUT2D eigenvalue weighted by Crippen LogP contribution is 2.28. The lowest BCUT2D eigenvalue weighted by Gasteiger charge is -2.04. The molecular weight excluding hydrogens is 212 g/mol. The van der Waals surface area contributed by atoms with Gasteiger partial charge in [-0.1, -0.05) is 12.0 Å². The van der Waals surface area contributed by atoms with E-state index in [4.69, 9.17) is 6.42 Å². The minimum Gasteiger partial charge on any atom is -0.502 e. The van der Waals surface area contributed by atoms with Crippen LogP contribution >= 0.6 is 0 Å². The van der Waals surface area contributed by atoms with Crippen LogP contribution in [0.5, 0.6) is 5.75 Å². The molecule has 6 heteroatoms. The Kier molecular flexibility index (Phi) is 3.45. The number of hydrogen-bond donors (Lipinski definition) is 2. The molecule has 0 aliphatic carbocycles. The second kappa shape index (κ2) is 4.79. The maximum Gasteiger partial charge on any atom is 0.311 e. The average molecular weight is 220 g/mol. The summed E-state index contributed by atoms with van der Waals surface area (Å²) in [5, 5.41) is 22.3. The predicted molar refractivity (Wildman–Crippen MR) is 55.9 cm³/mol. The molecule has 0 radical (unpaired) electrons. The number of hydrogen-bond acceptors (Lipinski definition) is 4. The van der Waals surface area contributed by atoms with E-state index in [0.29, 0.717) is 0 Å². The van der Waals surface area contributed by atoms with Crippen LogP contribution in [0.3, 0.4) is 0 Å². The van der Waals surface area contributed by atoms with E-state index in [-0.39, 0.29) is 12.1 Å². The van der Waals surface area contributed by atoms with Crippen LogP contribution in [0.4, 0.5) is 5.69 Å². The van der Waals surface area contributed by atoms with Crippen molar-refractivity contribution >= 4 is 11.6 Å². The number of aromatic hydroxyl groups is 1. The minimum absolute atomic E-state index is 0.0129. The van der Waals surface area contributed by atoms with Gasteiger partial charge in [0.15, 0.2) is 0 Å². The van der Waals surface area contributed by atoms with Crippen molar-refractivity contribution in [2.75, 3.05) is 6.54 Å². The van der Waals surface area contributed by atoms with E-state index in [0.717, 1.165) is 6.07 Å². The molecule has 0 bridgehead atoms. The minimum atomic E-state index is -0.771. The molecule has 1 aromatic carbocycles. The number of phenolic OH excluding ortho intramolecular Hbond substituents is 1. The molecule has 0 atom stereocenters. The summed E-state index contributed by atoms with van der Waals surface area (Å²) in [5.41, 5.74) is -0.696. The van der Waals surface area contributed by atoms with Gasteiger partial charge in [-0.2, -0.15) is 0 Å². The predicted octanol–water partition coefficient (Wildman–Crippen LogP) is 0.663. The summed E-state index contributed by atoms with van der Waals surface area (Å²) in [7, 11) is 0. The highest BCUT2D eigenvalue weighted by molar-refractivity contribution is 5.98. The number of carbonyl (C=O) groups is 1. The standard InChI is InChI=1S/C10H8N2O4/c1-2-6-11-10(14)7-4-3-5-8(9(7)13)12(15)16/h1,3-5,13H,6H2,(H,11,14). The van der Waals surface area contributed by atoms with Crippen LogP contribution in [0.15, 0.2) is 18.2 Å². The highest BCUT2D eigenvalue weighted by Gasteiger charge is 2.20. The van der Waals surface area contributed by atoms with E-state index in [9.17, 15) is 20.0 Å². The smallest absolute Gasteiger partial charge is 0.311 e. The van der Waals surface area contributed by atoms with Crippen molar-refractivity contribution in [1.29, 1.82) is 0 Å². The molecule has 0 heterocycles. The van der Waals surface area contributed by atoms with Crippen LogP contribution in [-0.4, -0.2) is 22.5 Å². The van der Waals surface area contributed by atoms with Gasteiger partial charge in [0.05, 0.1) is 17.0 Å². The van der Waals surface area contributed by atoms with Gasteiger partial charge in [0, 0.05) is 6.07 Å². The van der Waals surface area contributed by atoms with Gasteiger partial charge in [0.25, 0.3) is 5.91 Å². The van der Waals surface area contributed by atoms with Gasteiger partial charge in [-0.05, 0) is 6.07 Å². The molecule has 16 heavy (non-hydrogen) atoms. The van der Waals surface area contributed by atoms with Gasteiger partial charge < -0.3 is 10.4 Å². The summed E-state index contributed by atoms with van der Waals surface area (Å²) in [4.78, 5) is 21.1. The molecule has 6 nitrogen and oxygen atoms in total. The Balaban J connectivity index is 3.07. The zero-order valence-electron chi connectivity index (χ0n) is 8.14. The molecule has 1 amide bonds. The Morgan fingerprint density at radius 1 is 1.62 bits per heavy atom. The lowest BCUT2D eigenvalue weighted by Crippen LogP contribution is -2.23. The molecule has 0 saturated carbocycles. The number of rotatable bonds is 3. The van der Waals surface area contributed by atoms with Crippen molar-refractivity contribution in [2.24, 2.45) is 0 Å². The number of phenols is 1. The first-order valence-corrected chi connectivity index (χ1v) is 4.26. The fourth-order valence-electron chi connectivity index (χ4n) is 1.09. The fraction of sp³-hybridized carbons (Fsp3) is 0.100. The fourth-order valence-corrected chi connectivity index (χ4v) is 1.09. The first-order valence-electron chi connectivity index (χ1n) is 4.26. The topological polar surface area (TPSA) is 92.5 Å². The summed E-state index contributed by atoms with van der Waals surface area (Å²) in [6.45, 7) is -0.0129. The second-order valence-electron chi connectivity index (χ2n) is 2.82. The van der Waals surface area contributed by atoms with Crippen molar-refractivity contribution in [1.82, 2.24) is 5.32 Å². The van der Waals surface area contributed by atoms with Crippen LogP contribution in [-0.2, 0) is 0 Å². The quantitative estimate of drug-likeness (QED) is 0.444. The second-order valence-corrected chi connectivity index (χ2v) is 2.82. The Morgan fingerprint density at radius 3 is 2.88 bits per heavy atom. The molecule has 82 valence electrons. The third-order valence-electron chi connectivity index (χ3n) is 1.81. The van der Waals surface area contributed by atoms with Crippen molar-refractivity contribution < 1.29 is 14.8 Å². The van der Waals surface area contributed by atoms with E-state index in [1.165, 1.54) is 12.1 Å².